The lowest BCUT2D eigenvalue weighted by molar-refractivity contribution is -0.112. The smallest absolute Gasteiger partial charge is 0.268 e. The number of aromatic nitrogens is 2. The number of rotatable bonds is 3. The van der Waals surface area contributed by atoms with Crippen molar-refractivity contribution in [2.75, 3.05) is 11.1 Å². The van der Waals surface area contributed by atoms with Gasteiger partial charge < -0.3 is 15.9 Å². The van der Waals surface area contributed by atoms with E-state index < -0.39 is 17.4 Å². The number of phenolic OH excluding ortho intramolecular Hbond substituents is 2. The molecule has 1 aromatic carbocycles. The monoisotopic (exact) mass is 303 g/mol. The Morgan fingerprint density at radius 2 is 2.24 bits per heavy atom. The van der Waals surface area contributed by atoms with Crippen molar-refractivity contribution in [3.63, 3.8) is 0 Å². The zero-order valence-corrected chi connectivity index (χ0v) is 11.3. The summed E-state index contributed by atoms with van der Waals surface area (Å²) in [7, 11) is 0. The third-order valence-corrected chi connectivity index (χ3v) is 2.98. The number of anilines is 2. The predicted molar refractivity (Wildman–Crippen MR) is 76.3 cm³/mol. The van der Waals surface area contributed by atoms with Crippen molar-refractivity contribution >= 4 is 34.3 Å². The molecular formula is C12H9N5O3S. The van der Waals surface area contributed by atoms with Gasteiger partial charge in [0.2, 0.25) is 5.13 Å². The van der Waals surface area contributed by atoms with Crippen molar-refractivity contribution in [2.24, 2.45) is 0 Å². The van der Waals surface area contributed by atoms with Crippen molar-refractivity contribution in [3.05, 3.63) is 29.6 Å². The summed E-state index contributed by atoms with van der Waals surface area (Å²) in [5.41, 5.74) is 5.50. The average molecular weight is 303 g/mol. The van der Waals surface area contributed by atoms with E-state index in [0.29, 0.717) is 5.56 Å². The van der Waals surface area contributed by atoms with Gasteiger partial charge in [-0.1, -0.05) is 0 Å². The van der Waals surface area contributed by atoms with Crippen molar-refractivity contribution in [1.82, 2.24) is 9.36 Å². The van der Waals surface area contributed by atoms with Gasteiger partial charge in [0.25, 0.3) is 5.91 Å². The van der Waals surface area contributed by atoms with E-state index in [-0.39, 0.29) is 16.4 Å². The molecule has 21 heavy (non-hydrogen) atoms. The van der Waals surface area contributed by atoms with E-state index >= 15 is 0 Å². The van der Waals surface area contributed by atoms with Gasteiger partial charge >= 0.3 is 0 Å². The molecular weight excluding hydrogens is 294 g/mol. The summed E-state index contributed by atoms with van der Waals surface area (Å²) in [4.78, 5) is 15.6. The van der Waals surface area contributed by atoms with Gasteiger partial charge in [-0.05, 0) is 23.8 Å². The number of nitrogens with zero attached hydrogens (tertiary/aromatic N) is 3. The van der Waals surface area contributed by atoms with Crippen molar-refractivity contribution in [1.29, 1.82) is 5.26 Å². The van der Waals surface area contributed by atoms with Crippen molar-refractivity contribution in [3.8, 4) is 17.6 Å². The minimum absolute atomic E-state index is 0.0666. The van der Waals surface area contributed by atoms with Crippen LogP contribution in [0, 0.1) is 11.3 Å². The summed E-state index contributed by atoms with van der Waals surface area (Å²) < 4.78 is 3.71. The molecule has 0 fully saturated rings. The molecule has 0 saturated heterocycles. The molecule has 0 spiro atoms. The third-order valence-electron chi connectivity index (χ3n) is 2.40. The standard InChI is InChI=1S/C12H9N5O3S/c13-4-7(11(20)17-12-15-5-16-21-12)1-6-2-8(14)10(19)9(18)3-6/h1-3,5,18-19H,14H2,(H,15,16,17,20)/b7-1+. The van der Waals surface area contributed by atoms with E-state index in [1.165, 1.54) is 24.5 Å². The number of nitrogen functional groups attached to an aromatic ring is 1. The van der Waals surface area contributed by atoms with Gasteiger partial charge in [0.05, 0.1) is 5.69 Å². The molecule has 0 bridgehead atoms. The first-order valence-electron chi connectivity index (χ1n) is 5.52. The number of hydrogen-bond acceptors (Lipinski definition) is 8. The van der Waals surface area contributed by atoms with Gasteiger partial charge in [0, 0.05) is 11.5 Å². The van der Waals surface area contributed by atoms with Crippen LogP contribution in [0.15, 0.2) is 24.0 Å². The molecule has 106 valence electrons. The molecule has 2 aromatic rings. The highest BCUT2D eigenvalue weighted by atomic mass is 32.1. The quantitative estimate of drug-likeness (QED) is 0.287. The van der Waals surface area contributed by atoms with E-state index in [1.807, 2.05) is 0 Å². The maximum Gasteiger partial charge on any atom is 0.268 e. The minimum atomic E-state index is -0.666. The van der Waals surface area contributed by atoms with Crippen LogP contribution in [0.3, 0.4) is 0 Å². The summed E-state index contributed by atoms with van der Waals surface area (Å²) in [5.74, 6) is -1.56. The van der Waals surface area contributed by atoms with Crippen LogP contribution in [0.2, 0.25) is 0 Å². The fraction of sp³-hybridized carbons (Fsp3) is 0. The highest BCUT2D eigenvalue weighted by molar-refractivity contribution is 7.09. The van der Waals surface area contributed by atoms with Crippen LogP contribution in [-0.2, 0) is 4.79 Å². The minimum Gasteiger partial charge on any atom is -0.504 e. The molecule has 9 heteroatoms. The molecule has 0 saturated carbocycles. The molecule has 0 aliphatic rings. The lowest BCUT2D eigenvalue weighted by atomic mass is 10.1. The Bertz CT molecular complexity index is 726. The van der Waals surface area contributed by atoms with E-state index in [0.717, 1.165) is 11.5 Å². The normalized spacial score (nSPS) is 10.9. The summed E-state index contributed by atoms with van der Waals surface area (Å²) in [5, 5.41) is 30.5. The summed E-state index contributed by atoms with van der Waals surface area (Å²) in [6.45, 7) is 0. The number of carbonyl (C=O) groups is 1. The largest absolute Gasteiger partial charge is 0.504 e. The Hall–Kier alpha value is -3.12. The van der Waals surface area contributed by atoms with Crippen LogP contribution in [0.25, 0.3) is 6.08 Å². The number of carbonyl (C=O) groups excluding carboxylic acids is 1. The second-order valence-electron chi connectivity index (χ2n) is 3.85. The number of nitriles is 1. The first-order chi connectivity index (χ1) is 10.0. The molecule has 2 rings (SSSR count). The average Bonchev–Trinajstić information content (AvgIpc) is 2.94. The third kappa shape index (κ3) is 3.26. The highest BCUT2D eigenvalue weighted by Crippen LogP contribution is 2.33. The van der Waals surface area contributed by atoms with Crippen LogP contribution in [0.1, 0.15) is 5.56 Å². The Morgan fingerprint density at radius 3 is 2.81 bits per heavy atom. The zero-order valence-electron chi connectivity index (χ0n) is 10.4. The first kappa shape index (κ1) is 14.3. The van der Waals surface area contributed by atoms with Crippen LogP contribution in [-0.4, -0.2) is 25.5 Å². The number of hydrogen-bond donors (Lipinski definition) is 4. The van der Waals surface area contributed by atoms with Crippen LogP contribution in [0.4, 0.5) is 10.8 Å². The van der Waals surface area contributed by atoms with E-state index in [9.17, 15) is 15.0 Å². The van der Waals surface area contributed by atoms with E-state index in [4.69, 9.17) is 11.0 Å². The molecule has 5 N–H and O–H groups in total. The number of aromatic hydroxyl groups is 2. The van der Waals surface area contributed by atoms with Gasteiger partial charge in [0.1, 0.15) is 18.0 Å². The number of phenols is 2. The molecule has 0 aliphatic carbocycles. The summed E-state index contributed by atoms with van der Waals surface area (Å²) >= 11 is 0.970. The second kappa shape index (κ2) is 5.89. The highest BCUT2D eigenvalue weighted by Gasteiger charge is 2.12. The number of nitrogens with one attached hydrogen (secondary N) is 1. The van der Waals surface area contributed by atoms with E-state index in [1.54, 1.807) is 6.07 Å². The molecule has 0 radical (unpaired) electrons. The van der Waals surface area contributed by atoms with Crippen LogP contribution < -0.4 is 11.1 Å². The Labute approximate surface area is 123 Å². The summed E-state index contributed by atoms with van der Waals surface area (Å²) in [6, 6.07) is 4.24. The second-order valence-corrected chi connectivity index (χ2v) is 4.63. The Morgan fingerprint density at radius 1 is 1.48 bits per heavy atom. The van der Waals surface area contributed by atoms with Gasteiger partial charge in [-0.2, -0.15) is 9.64 Å². The molecule has 1 amide bonds. The molecule has 1 heterocycles. The maximum atomic E-state index is 11.9. The fourth-order valence-corrected chi connectivity index (χ4v) is 1.88. The van der Waals surface area contributed by atoms with Crippen LogP contribution >= 0.6 is 11.5 Å². The van der Waals surface area contributed by atoms with Gasteiger partial charge in [-0.3, -0.25) is 10.1 Å². The molecule has 0 aliphatic heterocycles. The number of amides is 1. The maximum absolute atomic E-state index is 11.9. The topological polar surface area (TPSA) is 145 Å². The van der Waals surface area contributed by atoms with Gasteiger partial charge in [-0.15, -0.1) is 0 Å². The lowest BCUT2D eigenvalue weighted by Gasteiger charge is -2.04. The summed E-state index contributed by atoms with van der Waals surface area (Å²) in [6.07, 6.45) is 2.50. The molecule has 0 unspecified atom stereocenters. The van der Waals surface area contributed by atoms with Crippen molar-refractivity contribution < 1.29 is 15.0 Å². The SMILES string of the molecule is N#C/C(=C\c1cc(N)c(O)c(O)c1)C(=O)Nc1ncns1. The molecule has 8 nitrogen and oxygen atoms in total. The molecule has 0 atom stereocenters. The van der Waals surface area contributed by atoms with Gasteiger partial charge in [-0.25, -0.2) is 4.98 Å². The molecule has 1 aromatic heterocycles. The van der Waals surface area contributed by atoms with E-state index in [2.05, 4.69) is 14.7 Å². The first-order valence-corrected chi connectivity index (χ1v) is 6.30. The predicted octanol–water partition coefficient (Wildman–Crippen LogP) is 1.08. The lowest BCUT2D eigenvalue weighted by Crippen LogP contribution is -2.13. The number of nitrogens with two attached hydrogens (primary N) is 1. The number of benzene rings is 1. The zero-order chi connectivity index (χ0) is 15.4. The fourth-order valence-electron chi connectivity index (χ4n) is 1.45. The Balaban J connectivity index is 2.29. The van der Waals surface area contributed by atoms with Crippen LogP contribution in [0.5, 0.6) is 11.5 Å². The Kier molecular flexibility index (Phi) is 4.01. The van der Waals surface area contributed by atoms with Gasteiger partial charge in [0.15, 0.2) is 11.5 Å². The van der Waals surface area contributed by atoms with Crippen molar-refractivity contribution in [2.45, 2.75) is 0 Å².